The fourth-order valence-corrected chi connectivity index (χ4v) is 1.89. The Balaban J connectivity index is 2.20. The van der Waals surface area contributed by atoms with Gasteiger partial charge in [-0.25, -0.2) is 4.79 Å². The molecule has 0 aliphatic carbocycles. The number of benzene rings is 1. The fourth-order valence-electron chi connectivity index (χ4n) is 1.89. The lowest BCUT2D eigenvalue weighted by Crippen LogP contribution is -2.11. The van der Waals surface area contributed by atoms with Crippen LogP contribution in [0.15, 0.2) is 36.7 Å². The van der Waals surface area contributed by atoms with Crippen LogP contribution in [0.5, 0.6) is 0 Å². The Labute approximate surface area is 121 Å². The number of aliphatic carboxylic acids is 1. The second kappa shape index (κ2) is 6.04. The summed E-state index contributed by atoms with van der Waals surface area (Å²) in [7, 11) is 1.73. The molecular weight excluding hydrogens is 270 g/mol. The van der Waals surface area contributed by atoms with Crippen LogP contribution in [0.3, 0.4) is 0 Å². The Bertz CT molecular complexity index is 717. The van der Waals surface area contributed by atoms with Crippen molar-refractivity contribution in [1.29, 1.82) is 0 Å². The summed E-state index contributed by atoms with van der Waals surface area (Å²) in [5, 5.41) is 15.4. The van der Waals surface area contributed by atoms with Gasteiger partial charge in [-0.3, -0.25) is 9.48 Å². The molecule has 0 spiro atoms. The summed E-state index contributed by atoms with van der Waals surface area (Å²) in [4.78, 5) is 22.6. The van der Waals surface area contributed by atoms with Gasteiger partial charge < -0.3 is 10.4 Å². The van der Waals surface area contributed by atoms with E-state index in [-0.39, 0.29) is 5.91 Å². The van der Waals surface area contributed by atoms with E-state index in [1.807, 2.05) is 19.1 Å². The topological polar surface area (TPSA) is 84.2 Å². The minimum absolute atomic E-state index is 0.262. The molecule has 1 amide bonds. The molecule has 0 bridgehead atoms. The summed E-state index contributed by atoms with van der Waals surface area (Å²) < 4.78 is 1.55. The standard InChI is InChI=1S/C15H15N3O3/c1-10-5-11(3-4-14(19)20)7-13(6-10)17-15(21)12-8-16-18(2)9-12/h3-9H,1-2H3,(H,17,21)(H,19,20)/b4-3+. The zero-order chi connectivity index (χ0) is 15.4. The third kappa shape index (κ3) is 4.04. The molecule has 2 rings (SSSR count). The monoisotopic (exact) mass is 285 g/mol. The van der Waals surface area contributed by atoms with E-state index >= 15 is 0 Å². The van der Waals surface area contributed by atoms with E-state index in [1.54, 1.807) is 24.0 Å². The van der Waals surface area contributed by atoms with Gasteiger partial charge in [-0.1, -0.05) is 6.07 Å². The summed E-state index contributed by atoms with van der Waals surface area (Å²) in [5.74, 6) is -1.28. The highest BCUT2D eigenvalue weighted by Gasteiger charge is 2.08. The highest BCUT2D eigenvalue weighted by atomic mass is 16.4. The van der Waals surface area contributed by atoms with Gasteiger partial charge in [0.2, 0.25) is 0 Å². The minimum atomic E-state index is -1.02. The number of carboxylic acids is 1. The number of carbonyl (C=O) groups is 2. The number of amides is 1. The van der Waals surface area contributed by atoms with Gasteiger partial charge in [0.05, 0.1) is 11.8 Å². The summed E-state index contributed by atoms with van der Waals surface area (Å²) in [6.45, 7) is 1.87. The van der Waals surface area contributed by atoms with Crippen molar-refractivity contribution in [2.45, 2.75) is 6.92 Å². The summed E-state index contributed by atoms with van der Waals surface area (Å²) in [6, 6.07) is 5.35. The molecule has 0 aliphatic rings. The van der Waals surface area contributed by atoms with Crippen LogP contribution in [-0.2, 0) is 11.8 Å². The van der Waals surface area contributed by atoms with Crippen molar-refractivity contribution in [3.8, 4) is 0 Å². The van der Waals surface area contributed by atoms with Crippen LogP contribution in [0, 0.1) is 6.92 Å². The molecular formula is C15H15N3O3. The Morgan fingerprint density at radius 1 is 1.33 bits per heavy atom. The predicted molar refractivity (Wildman–Crippen MR) is 79.0 cm³/mol. The van der Waals surface area contributed by atoms with Crippen molar-refractivity contribution in [1.82, 2.24) is 9.78 Å². The molecule has 21 heavy (non-hydrogen) atoms. The highest BCUT2D eigenvalue weighted by molar-refractivity contribution is 6.04. The number of nitrogens with one attached hydrogen (secondary N) is 1. The van der Waals surface area contributed by atoms with E-state index in [0.29, 0.717) is 16.8 Å². The maximum atomic E-state index is 12.0. The average molecular weight is 285 g/mol. The lowest BCUT2D eigenvalue weighted by molar-refractivity contribution is -0.131. The molecule has 6 heteroatoms. The zero-order valence-electron chi connectivity index (χ0n) is 11.7. The molecule has 0 aliphatic heterocycles. The van der Waals surface area contributed by atoms with Crippen LogP contribution in [0.25, 0.3) is 6.08 Å². The molecule has 2 aromatic rings. The smallest absolute Gasteiger partial charge is 0.328 e. The molecule has 2 N–H and O–H groups in total. The van der Waals surface area contributed by atoms with Crippen molar-refractivity contribution in [2.24, 2.45) is 7.05 Å². The van der Waals surface area contributed by atoms with Crippen LogP contribution in [0.4, 0.5) is 5.69 Å². The van der Waals surface area contributed by atoms with Gasteiger partial charge in [-0.05, 0) is 36.3 Å². The Kier molecular flexibility index (Phi) is 4.18. The number of aromatic nitrogens is 2. The number of hydrogen-bond acceptors (Lipinski definition) is 3. The summed E-state index contributed by atoms with van der Waals surface area (Å²) in [5.41, 5.74) is 2.69. The normalized spacial score (nSPS) is 10.8. The van der Waals surface area contributed by atoms with Gasteiger partial charge >= 0.3 is 5.97 Å². The second-order valence-electron chi connectivity index (χ2n) is 4.66. The predicted octanol–water partition coefficient (Wildman–Crippen LogP) is 2.08. The van der Waals surface area contributed by atoms with E-state index < -0.39 is 5.97 Å². The van der Waals surface area contributed by atoms with Crippen molar-refractivity contribution in [3.05, 3.63) is 53.4 Å². The quantitative estimate of drug-likeness (QED) is 0.842. The van der Waals surface area contributed by atoms with Gasteiger partial charge in [-0.15, -0.1) is 0 Å². The zero-order valence-corrected chi connectivity index (χ0v) is 11.7. The first-order chi connectivity index (χ1) is 9.94. The van der Waals surface area contributed by atoms with Gasteiger partial charge in [0.25, 0.3) is 5.91 Å². The third-order valence-corrected chi connectivity index (χ3v) is 2.74. The van der Waals surface area contributed by atoms with Gasteiger partial charge in [0, 0.05) is 25.0 Å². The van der Waals surface area contributed by atoms with E-state index in [9.17, 15) is 9.59 Å². The molecule has 1 aromatic heterocycles. The second-order valence-corrected chi connectivity index (χ2v) is 4.66. The number of aryl methyl sites for hydroxylation is 2. The molecule has 1 heterocycles. The number of hydrogen-bond donors (Lipinski definition) is 2. The molecule has 0 fully saturated rings. The van der Waals surface area contributed by atoms with E-state index in [0.717, 1.165) is 11.6 Å². The molecule has 0 radical (unpaired) electrons. The lowest BCUT2D eigenvalue weighted by Gasteiger charge is -2.06. The van der Waals surface area contributed by atoms with Crippen LogP contribution in [0.1, 0.15) is 21.5 Å². The Hall–Kier alpha value is -2.89. The first kappa shape index (κ1) is 14.5. The first-order valence-corrected chi connectivity index (χ1v) is 6.27. The minimum Gasteiger partial charge on any atom is -0.478 e. The largest absolute Gasteiger partial charge is 0.478 e. The van der Waals surface area contributed by atoms with Crippen molar-refractivity contribution < 1.29 is 14.7 Å². The van der Waals surface area contributed by atoms with E-state index in [2.05, 4.69) is 10.4 Å². The number of anilines is 1. The molecule has 0 atom stereocenters. The Morgan fingerprint density at radius 3 is 2.71 bits per heavy atom. The molecule has 0 saturated carbocycles. The van der Waals surface area contributed by atoms with Gasteiger partial charge in [0.15, 0.2) is 0 Å². The van der Waals surface area contributed by atoms with Gasteiger partial charge in [0.1, 0.15) is 0 Å². The lowest BCUT2D eigenvalue weighted by atomic mass is 10.1. The maximum absolute atomic E-state index is 12.0. The van der Waals surface area contributed by atoms with Crippen LogP contribution in [-0.4, -0.2) is 26.8 Å². The molecule has 6 nitrogen and oxygen atoms in total. The number of nitrogens with zero attached hydrogens (tertiary/aromatic N) is 2. The van der Waals surface area contributed by atoms with Crippen LogP contribution >= 0.6 is 0 Å². The molecule has 1 aromatic carbocycles. The van der Waals surface area contributed by atoms with Crippen LogP contribution < -0.4 is 5.32 Å². The SMILES string of the molecule is Cc1cc(/C=C/C(=O)O)cc(NC(=O)c2cnn(C)c2)c1. The van der Waals surface area contributed by atoms with E-state index in [4.69, 9.17) is 5.11 Å². The summed E-state index contributed by atoms with van der Waals surface area (Å²) >= 11 is 0. The molecule has 0 unspecified atom stereocenters. The maximum Gasteiger partial charge on any atom is 0.328 e. The average Bonchev–Trinajstić information content (AvgIpc) is 2.82. The van der Waals surface area contributed by atoms with E-state index in [1.165, 1.54) is 12.3 Å². The van der Waals surface area contributed by atoms with Crippen molar-refractivity contribution in [2.75, 3.05) is 5.32 Å². The van der Waals surface area contributed by atoms with Crippen LogP contribution in [0.2, 0.25) is 0 Å². The highest BCUT2D eigenvalue weighted by Crippen LogP contribution is 2.16. The molecule has 108 valence electrons. The number of carbonyl (C=O) groups excluding carboxylic acids is 1. The first-order valence-electron chi connectivity index (χ1n) is 6.27. The molecule has 0 saturated heterocycles. The fraction of sp³-hybridized carbons (Fsp3) is 0.133. The number of carboxylic acid groups (broad SMARTS) is 1. The Morgan fingerprint density at radius 2 is 2.10 bits per heavy atom. The summed E-state index contributed by atoms with van der Waals surface area (Å²) in [6.07, 6.45) is 5.64. The van der Waals surface area contributed by atoms with Crippen molar-refractivity contribution >= 4 is 23.6 Å². The third-order valence-electron chi connectivity index (χ3n) is 2.74. The van der Waals surface area contributed by atoms with Crippen molar-refractivity contribution in [3.63, 3.8) is 0 Å². The van der Waals surface area contributed by atoms with Gasteiger partial charge in [-0.2, -0.15) is 5.10 Å². The number of rotatable bonds is 4.